The van der Waals surface area contributed by atoms with E-state index in [1.54, 1.807) is 19.6 Å². The Hall–Kier alpha value is -2.11. The van der Waals surface area contributed by atoms with Gasteiger partial charge in [-0.05, 0) is 30.5 Å². The molecule has 0 radical (unpaired) electrons. The van der Waals surface area contributed by atoms with E-state index < -0.39 is 5.60 Å². The molecular weight excluding hydrogens is 302 g/mol. The zero-order valence-corrected chi connectivity index (χ0v) is 14.1. The Morgan fingerprint density at radius 3 is 2.62 bits per heavy atom. The highest BCUT2D eigenvalue weighted by atomic mass is 16.5. The van der Waals surface area contributed by atoms with E-state index in [9.17, 15) is 5.11 Å². The van der Waals surface area contributed by atoms with Crippen LogP contribution in [0.5, 0.6) is 5.75 Å². The van der Waals surface area contributed by atoms with Gasteiger partial charge in [-0.3, -0.25) is 4.90 Å². The van der Waals surface area contributed by atoms with Gasteiger partial charge in [-0.1, -0.05) is 24.3 Å². The van der Waals surface area contributed by atoms with Crippen molar-refractivity contribution in [1.29, 1.82) is 0 Å². The first-order valence-corrected chi connectivity index (χ1v) is 8.38. The monoisotopic (exact) mass is 327 g/mol. The van der Waals surface area contributed by atoms with Crippen LogP contribution in [0.15, 0.2) is 49.1 Å². The quantitative estimate of drug-likeness (QED) is 0.885. The van der Waals surface area contributed by atoms with Crippen LogP contribution < -0.4 is 4.74 Å². The van der Waals surface area contributed by atoms with Gasteiger partial charge in [0.05, 0.1) is 25.6 Å². The fourth-order valence-corrected chi connectivity index (χ4v) is 3.08. The number of nitrogens with zero attached hydrogens (tertiary/aromatic N) is 3. The predicted molar refractivity (Wildman–Crippen MR) is 94.9 cm³/mol. The third kappa shape index (κ3) is 4.46. The summed E-state index contributed by atoms with van der Waals surface area (Å²) in [5.41, 5.74) is 0.557. The van der Waals surface area contributed by atoms with Crippen LogP contribution in [0.2, 0.25) is 0 Å². The Bertz CT molecular complexity index is 642. The molecule has 1 fully saturated rings. The second kappa shape index (κ2) is 7.64. The summed E-state index contributed by atoms with van der Waals surface area (Å²) in [7, 11) is 1.68. The molecule has 0 unspecified atom stereocenters. The van der Waals surface area contributed by atoms with Crippen molar-refractivity contribution < 1.29 is 9.84 Å². The molecule has 1 saturated heterocycles. The first kappa shape index (κ1) is 16.7. The molecule has 0 aliphatic carbocycles. The first-order valence-electron chi connectivity index (χ1n) is 8.38. The van der Waals surface area contributed by atoms with Crippen molar-refractivity contribution >= 4 is 6.08 Å². The molecule has 0 atom stereocenters. The molecule has 1 aliphatic rings. The standard InChI is InChI=1S/C19H25N3O2/c1-24-18-6-4-17(5-7-18)3-2-11-21-12-8-19(23,9-13-21)15-22-14-10-20-16-22/h2-7,10,14,16,23H,8-9,11-13,15H2,1H3/b3-2+. The molecule has 1 aliphatic heterocycles. The van der Waals surface area contributed by atoms with Gasteiger partial charge in [-0.2, -0.15) is 0 Å². The number of hydrogen-bond acceptors (Lipinski definition) is 4. The van der Waals surface area contributed by atoms with E-state index in [0.717, 1.165) is 38.2 Å². The maximum absolute atomic E-state index is 10.7. The summed E-state index contributed by atoms with van der Waals surface area (Å²) in [6.45, 7) is 3.37. The highest BCUT2D eigenvalue weighted by Crippen LogP contribution is 2.24. The molecular formula is C19H25N3O2. The lowest BCUT2D eigenvalue weighted by Crippen LogP contribution is -2.46. The summed E-state index contributed by atoms with van der Waals surface area (Å²) in [6.07, 6.45) is 11.3. The summed E-state index contributed by atoms with van der Waals surface area (Å²) in [4.78, 5) is 6.42. The summed E-state index contributed by atoms with van der Waals surface area (Å²) < 4.78 is 7.12. The summed E-state index contributed by atoms with van der Waals surface area (Å²) >= 11 is 0. The number of imidazole rings is 1. The lowest BCUT2D eigenvalue weighted by Gasteiger charge is -2.38. The third-order valence-corrected chi connectivity index (χ3v) is 4.61. The predicted octanol–water partition coefficient (Wildman–Crippen LogP) is 2.43. The summed E-state index contributed by atoms with van der Waals surface area (Å²) in [6, 6.07) is 8.04. The average molecular weight is 327 g/mol. The Labute approximate surface area is 143 Å². The van der Waals surface area contributed by atoms with Crippen molar-refractivity contribution in [2.75, 3.05) is 26.7 Å². The molecule has 5 nitrogen and oxygen atoms in total. The number of aliphatic hydroxyl groups is 1. The maximum atomic E-state index is 10.7. The first-order chi connectivity index (χ1) is 11.7. The molecule has 0 saturated carbocycles. The van der Waals surface area contributed by atoms with Gasteiger partial charge in [0.25, 0.3) is 0 Å². The summed E-state index contributed by atoms with van der Waals surface area (Å²) in [5, 5.41) is 10.7. The average Bonchev–Trinajstić information content (AvgIpc) is 3.10. The molecule has 128 valence electrons. The van der Waals surface area contributed by atoms with Crippen molar-refractivity contribution in [3.05, 3.63) is 54.6 Å². The number of rotatable bonds is 6. The second-order valence-electron chi connectivity index (χ2n) is 6.44. The Balaban J connectivity index is 1.45. The highest BCUT2D eigenvalue weighted by molar-refractivity contribution is 5.50. The van der Waals surface area contributed by atoms with Gasteiger partial charge >= 0.3 is 0 Å². The van der Waals surface area contributed by atoms with Crippen molar-refractivity contribution in [2.45, 2.75) is 25.0 Å². The zero-order valence-electron chi connectivity index (χ0n) is 14.1. The van der Waals surface area contributed by atoms with Gasteiger partial charge in [-0.25, -0.2) is 4.98 Å². The SMILES string of the molecule is COc1ccc(/C=C/CN2CCC(O)(Cn3ccnc3)CC2)cc1. The van der Waals surface area contributed by atoms with Crippen molar-refractivity contribution in [1.82, 2.24) is 14.5 Å². The van der Waals surface area contributed by atoms with E-state index in [1.807, 2.05) is 22.9 Å². The number of methoxy groups -OCH3 is 1. The van der Waals surface area contributed by atoms with E-state index >= 15 is 0 Å². The highest BCUT2D eigenvalue weighted by Gasteiger charge is 2.32. The van der Waals surface area contributed by atoms with E-state index in [1.165, 1.54) is 5.56 Å². The number of hydrogen-bond donors (Lipinski definition) is 1. The minimum absolute atomic E-state index is 0.614. The zero-order chi connectivity index (χ0) is 16.8. The molecule has 1 N–H and O–H groups in total. The van der Waals surface area contributed by atoms with Gasteiger partial charge in [0.2, 0.25) is 0 Å². The Morgan fingerprint density at radius 2 is 2.00 bits per heavy atom. The molecule has 2 heterocycles. The van der Waals surface area contributed by atoms with E-state index in [4.69, 9.17) is 4.74 Å². The van der Waals surface area contributed by atoms with E-state index in [0.29, 0.717) is 6.54 Å². The third-order valence-electron chi connectivity index (χ3n) is 4.61. The van der Waals surface area contributed by atoms with E-state index in [2.05, 4.69) is 34.2 Å². The fourth-order valence-electron chi connectivity index (χ4n) is 3.08. The topological polar surface area (TPSA) is 50.5 Å². The molecule has 1 aromatic carbocycles. The van der Waals surface area contributed by atoms with Gasteiger partial charge < -0.3 is 14.4 Å². The Kier molecular flexibility index (Phi) is 5.33. The van der Waals surface area contributed by atoms with Gasteiger partial charge in [-0.15, -0.1) is 0 Å². The van der Waals surface area contributed by atoms with Crippen LogP contribution in [0.4, 0.5) is 0 Å². The normalized spacial score (nSPS) is 18.1. The molecule has 1 aromatic heterocycles. The largest absolute Gasteiger partial charge is 0.497 e. The Morgan fingerprint density at radius 1 is 1.25 bits per heavy atom. The number of piperidine rings is 1. The maximum Gasteiger partial charge on any atom is 0.118 e. The van der Waals surface area contributed by atoms with Crippen LogP contribution in [-0.4, -0.2) is 51.9 Å². The molecule has 24 heavy (non-hydrogen) atoms. The van der Waals surface area contributed by atoms with Crippen molar-refractivity contribution in [3.63, 3.8) is 0 Å². The van der Waals surface area contributed by atoms with Crippen LogP contribution >= 0.6 is 0 Å². The molecule has 5 heteroatoms. The molecule has 0 bridgehead atoms. The van der Waals surface area contributed by atoms with Gasteiger partial charge in [0, 0.05) is 32.0 Å². The molecule has 0 amide bonds. The van der Waals surface area contributed by atoms with Crippen LogP contribution in [0.25, 0.3) is 6.08 Å². The number of benzene rings is 1. The van der Waals surface area contributed by atoms with Gasteiger partial charge in [0.15, 0.2) is 0 Å². The second-order valence-corrected chi connectivity index (χ2v) is 6.44. The van der Waals surface area contributed by atoms with Crippen LogP contribution in [0.1, 0.15) is 18.4 Å². The minimum Gasteiger partial charge on any atom is -0.497 e. The fraction of sp³-hybridized carbons (Fsp3) is 0.421. The lowest BCUT2D eigenvalue weighted by molar-refractivity contribution is -0.0318. The van der Waals surface area contributed by atoms with Crippen LogP contribution in [0, 0.1) is 0 Å². The molecule has 0 spiro atoms. The number of likely N-dealkylation sites (tertiary alicyclic amines) is 1. The van der Waals surface area contributed by atoms with Gasteiger partial charge in [0.1, 0.15) is 5.75 Å². The summed E-state index contributed by atoms with van der Waals surface area (Å²) in [5.74, 6) is 0.875. The smallest absolute Gasteiger partial charge is 0.118 e. The molecule has 3 rings (SSSR count). The van der Waals surface area contributed by atoms with Crippen LogP contribution in [-0.2, 0) is 6.54 Å². The van der Waals surface area contributed by atoms with Crippen molar-refractivity contribution in [2.24, 2.45) is 0 Å². The number of aromatic nitrogens is 2. The van der Waals surface area contributed by atoms with Crippen LogP contribution in [0.3, 0.4) is 0 Å². The van der Waals surface area contributed by atoms with Crippen molar-refractivity contribution in [3.8, 4) is 5.75 Å². The molecule has 2 aromatic rings. The minimum atomic E-state index is -0.614. The number of ether oxygens (including phenoxy) is 1. The van der Waals surface area contributed by atoms with E-state index in [-0.39, 0.29) is 0 Å². The lowest BCUT2D eigenvalue weighted by atomic mass is 9.91.